The van der Waals surface area contributed by atoms with Gasteiger partial charge in [-0.3, -0.25) is 24.5 Å². The summed E-state index contributed by atoms with van der Waals surface area (Å²) in [5.41, 5.74) is 4.68. The molecule has 15 heteroatoms. The fourth-order valence-corrected chi connectivity index (χ4v) is 4.46. The average molecular weight is 592 g/mol. The number of hydrogen-bond acceptors (Lipinski definition) is 9. The van der Waals surface area contributed by atoms with Crippen molar-refractivity contribution >= 4 is 39.4 Å². The number of esters is 1. The summed E-state index contributed by atoms with van der Waals surface area (Å²) in [5, 5.41) is 15.8. The minimum absolute atomic E-state index is 0.00955. The first-order valence-electron chi connectivity index (χ1n) is 12.5. The van der Waals surface area contributed by atoms with Gasteiger partial charge in [0.2, 0.25) is 27.7 Å². The fraction of sp³-hybridized carbons (Fsp3) is 0.385. The Bertz CT molecular complexity index is 1360. The van der Waals surface area contributed by atoms with Crippen molar-refractivity contribution in [2.75, 3.05) is 6.54 Å². The second kappa shape index (κ2) is 14.3. The van der Waals surface area contributed by atoms with Crippen molar-refractivity contribution in [1.82, 2.24) is 15.4 Å². The Hall–Kier alpha value is -4.37. The molecule has 222 valence electrons. The number of amides is 3. The van der Waals surface area contributed by atoms with E-state index in [1.165, 1.54) is 0 Å². The van der Waals surface area contributed by atoms with Gasteiger partial charge in [-0.1, -0.05) is 30.3 Å². The third-order valence-corrected chi connectivity index (χ3v) is 6.82. The molecule has 0 aromatic heterocycles. The molecule has 0 aliphatic rings. The molecule has 0 saturated carbocycles. The maximum absolute atomic E-state index is 13.3. The zero-order chi connectivity index (χ0) is 30.8. The highest BCUT2D eigenvalue weighted by atomic mass is 32.2. The van der Waals surface area contributed by atoms with Gasteiger partial charge in [-0.25, -0.2) is 17.9 Å². The van der Waals surface area contributed by atoms with Crippen LogP contribution >= 0.6 is 0 Å². The van der Waals surface area contributed by atoms with E-state index in [0.717, 1.165) is 24.3 Å². The van der Waals surface area contributed by atoms with E-state index in [-0.39, 0.29) is 29.8 Å². The molecule has 0 unspecified atom stereocenters. The number of nitro benzene ring substituents is 1. The second-order valence-electron chi connectivity index (χ2n) is 9.99. The minimum atomic E-state index is -4.21. The van der Waals surface area contributed by atoms with Crippen molar-refractivity contribution in [2.24, 2.45) is 5.73 Å². The molecule has 0 aliphatic heterocycles. The van der Waals surface area contributed by atoms with Crippen LogP contribution in [0.15, 0.2) is 59.5 Å². The Labute approximate surface area is 237 Å². The normalized spacial score (nSPS) is 13.0. The Morgan fingerprint density at radius 3 is 2.12 bits per heavy atom. The van der Waals surface area contributed by atoms with E-state index < -0.39 is 62.9 Å². The van der Waals surface area contributed by atoms with Crippen LogP contribution in [0.4, 0.5) is 5.69 Å². The van der Waals surface area contributed by atoms with Crippen LogP contribution in [-0.4, -0.2) is 61.3 Å². The predicted molar refractivity (Wildman–Crippen MR) is 147 cm³/mol. The van der Waals surface area contributed by atoms with Gasteiger partial charge in [0, 0.05) is 25.0 Å². The molecule has 0 fully saturated rings. The van der Waals surface area contributed by atoms with Gasteiger partial charge in [-0.05, 0) is 44.9 Å². The molecule has 0 aliphatic carbocycles. The Kier molecular flexibility index (Phi) is 11.5. The van der Waals surface area contributed by atoms with Gasteiger partial charge in [0.05, 0.1) is 16.4 Å². The summed E-state index contributed by atoms with van der Waals surface area (Å²) in [4.78, 5) is 59.9. The highest BCUT2D eigenvalue weighted by molar-refractivity contribution is 7.89. The van der Waals surface area contributed by atoms with Crippen LogP contribution in [0.2, 0.25) is 0 Å². The van der Waals surface area contributed by atoms with Crippen molar-refractivity contribution in [3.63, 3.8) is 0 Å². The van der Waals surface area contributed by atoms with Gasteiger partial charge in [0.25, 0.3) is 5.69 Å². The number of sulfonamides is 1. The third kappa shape index (κ3) is 11.3. The zero-order valence-corrected chi connectivity index (χ0v) is 23.6. The number of rotatable bonds is 14. The lowest BCUT2D eigenvalue weighted by atomic mass is 10.0. The Morgan fingerprint density at radius 1 is 0.976 bits per heavy atom. The van der Waals surface area contributed by atoms with Crippen LogP contribution in [0.5, 0.6) is 0 Å². The first-order chi connectivity index (χ1) is 19.1. The summed E-state index contributed by atoms with van der Waals surface area (Å²) in [6.07, 6.45) is -0.369. The summed E-state index contributed by atoms with van der Waals surface area (Å²) in [7, 11) is -4.21. The van der Waals surface area contributed by atoms with Crippen LogP contribution in [0, 0.1) is 10.1 Å². The van der Waals surface area contributed by atoms with Crippen molar-refractivity contribution < 1.29 is 37.3 Å². The number of hydrogen-bond donors (Lipinski definition) is 4. The topological polar surface area (TPSA) is 217 Å². The lowest BCUT2D eigenvalue weighted by Crippen LogP contribution is -2.54. The number of ether oxygens (including phenoxy) is 1. The number of carbonyl (C=O) groups excluding carboxylic acids is 4. The van der Waals surface area contributed by atoms with Crippen molar-refractivity contribution in [1.29, 1.82) is 0 Å². The molecule has 41 heavy (non-hydrogen) atoms. The molecule has 5 N–H and O–H groups in total. The van der Waals surface area contributed by atoms with Gasteiger partial charge < -0.3 is 21.1 Å². The first kappa shape index (κ1) is 32.8. The summed E-state index contributed by atoms with van der Waals surface area (Å²) < 4.78 is 32.5. The lowest BCUT2D eigenvalue weighted by Gasteiger charge is -2.26. The molecule has 0 radical (unpaired) electrons. The molecular weight excluding hydrogens is 558 g/mol. The van der Waals surface area contributed by atoms with Gasteiger partial charge in [-0.15, -0.1) is 0 Å². The smallest absolute Gasteiger partial charge is 0.329 e. The molecule has 2 aromatic carbocycles. The first-order valence-corrected chi connectivity index (χ1v) is 13.9. The van der Waals surface area contributed by atoms with E-state index in [2.05, 4.69) is 15.4 Å². The van der Waals surface area contributed by atoms with Crippen LogP contribution in [0.1, 0.15) is 39.2 Å². The average Bonchev–Trinajstić information content (AvgIpc) is 2.89. The van der Waals surface area contributed by atoms with Crippen LogP contribution in [0.25, 0.3) is 0 Å². The van der Waals surface area contributed by atoms with Crippen LogP contribution in [0.3, 0.4) is 0 Å². The van der Waals surface area contributed by atoms with Crippen LogP contribution in [-0.2, 0) is 40.4 Å². The molecule has 2 aromatic rings. The number of nitrogens with two attached hydrogens (primary N) is 1. The van der Waals surface area contributed by atoms with E-state index in [0.29, 0.717) is 5.56 Å². The van der Waals surface area contributed by atoms with Gasteiger partial charge >= 0.3 is 5.97 Å². The number of non-ortho nitro benzene ring substituents is 1. The minimum Gasteiger partial charge on any atom is -0.458 e. The Morgan fingerprint density at radius 2 is 1.59 bits per heavy atom. The van der Waals surface area contributed by atoms with Gasteiger partial charge in [-0.2, -0.15) is 0 Å². The quantitative estimate of drug-likeness (QED) is 0.138. The lowest BCUT2D eigenvalue weighted by molar-refractivity contribution is -0.384. The fourth-order valence-electron chi connectivity index (χ4n) is 3.48. The highest BCUT2D eigenvalue weighted by Gasteiger charge is 2.30. The summed E-state index contributed by atoms with van der Waals surface area (Å²) in [5.74, 6) is -3.13. The largest absolute Gasteiger partial charge is 0.458 e. The number of primary amides is 1. The second-order valence-corrected chi connectivity index (χ2v) is 11.8. The SMILES string of the molecule is CC(C)(C)OC(=O)[C@H](CCC(N)=O)NC(=O)[C@H](Cc1ccccc1)NC(=O)CNS(=O)(=O)c1ccc([N+](=O)[O-])cc1. The number of nitro groups is 1. The highest BCUT2D eigenvalue weighted by Crippen LogP contribution is 2.16. The van der Waals surface area contributed by atoms with Gasteiger partial charge in [0.15, 0.2) is 0 Å². The molecule has 0 heterocycles. The van der Waals surface area contributed by atoms with Crippen molar-refractivity contribution in [2.45, 2.75) is 62.6 Å². The molecule has 3 amide bonds. The van der Waals surface area contributed by atoms with Gasteiger partial charge in [0.1, 0.15) is 17.7 Å². The number of carbonyl (C=O) groups is 4. The molecular formula is C26H33N5O9S. The van der Waals surface area contributed by atoms with Crippen molar-refractivity contribution in [3.05, 3.63) is 70.3 Å². The van der Waals surface area contributed by atoms with Crippen LogP contribution < -0.4 is 21.1 Å². The molecule has 14 nitrogen and oxygen atoms in total. The number of benzene rings is 2. The molecule has 0 spiro atoms. The summed E-state index contributed by atoms with van der Waals surface area (Å²) in [6.45, 7) is 4.14. The standard InChI is InChI=1S/C26H33N5O9S/c1-26(2,3)40-25(35)20(13-14-22(27)32)30-24(34)21(15-17-7-5-4-6-8-17)29-23(33)16-28-41(38,39)19-11-9-18(10-12-19)31(36)37/h4-12,20-21,28H,13-16H2,1-3H3,(H2,27,32)(H,29,33)(H,30,34)/t20-,21-/m0/s1. The van der Waals surface area contributed by atoms with E-state index in [1.807, 2.05) is 0 Å². The van der Waals surface area contributed by atoms with E-state index in [4.69, 9.17) is 10.5 Å². The maximum atomic E-state index is 13.3. The molecule has 0 saturated heterocycles. The van der Waals surface area contributed by atoms with E-state index in [9.17, 15) is 37.7 Å². The monoisotopic (exact) mass is 591 g/mol. The maximum Gasteiger partial charge on any atom is 0.329 e. The Balaban J connectivity index is 2.18. The number of nitrogens with one attached hydrogen (secondary N) is 3. The summed E-state index contributed by atoms with van der Waals surface area (Å²) >= 11 is 0. The number of nitrogens with zero attached hydrogens (tertiary/aromatic N) is 1. The van der Waals surface area contributed by atoms with E-state index >= 15 is 0 Å². The molecule has 2 rings (SSSR count). The zero-order valence-electron chi connectivity index (χ0n) is 22.8. The molecule has 2 atom stereocenters. The van der Waals surface area contributed by atoms with Crippen molar-refractivity contribution in [3.8, 4) is 0 Å². The third-order valence-electron chi connectivity index (χ3n) is 5.40. The molecule has 0 bridgehead atoms. The van der Waals surface area contributed by atoms with E-state index in [1.54, 1.807) is 51.1 Å². The summed E-state index contributed by atoms with van der Waals surface area (Å²) in [6, 6.07) is 10.2. The predicted octanol–water partition coefficient (Wildman–Crippen LogP) is 0.693.